The Morgan fingerprint density at radius 3 is 2.47 bits per heavy atom. The molecule has 0 amide bonds. The summed E-state index contributed by atoms with van der Waals surface area (Å²) in [5.41, 5.74) is 5.02. The second-order valence-electron chi connectivity index (χ2n) is 7.70. The minimum absolute atomic E-state index is 0.179. The Labute approximate surface area is 186 Å². The first-order valence-electron chi connectivity index (χ1n) is 10.5. The Bertz CT molecular complexity index is 1310. The average molecular weight is 425 g/mol. The predicted molar refractivity (Wildman–Crippen MR) is 123 cm³/mol. The van der Waals surface area contributed by atoms with Gasteiger partial charge in [-0.15, -0.1) is 0 Å². The monoisotopic (exact) mass is 425 g/mol. The molecule has 5 rings (SSSR count). The van der Waals surface area contributed by atoms with Gasteiger partial charge in [0.2, 0.25) is 5.95 Å². The lowest BCUT2D eigenvalue weighted by molar-refractivity contribution is -0.140. The third-order valence-electron chi connectivity index (χ3n) is 5.69. The zero-order valence-corrected chi connectivity index (χ0v) is 17.9. The van der Waals surface area contributed by atoms with Crippen LogP contribution < -0.4 is 10.1 Å². The van der Waals surface area contributed by atoms with Gasteiger partial charge in [-0.25, -0.2) is 9.78 Å². The molecule has 160 valence electrons. The van der Waals surface area contributed by atoms with Crippen molar-refractivity contribution in [2.45, 2.75) is 19.6 Å². The van der Waals surface area contributed by atoms with Crippen LogP contribution in [0.1, 0.15) is 24.1 Å². The molecular formula is C26H23N3O3. The second-order valence-corrected chi connectivity index (χ2v) is 7.70. The van der Waals surface area contributed by atoms with Crippen LogP contribution in [0.3, 0.4) is 0 Å². The zero-order chi connectivity index (χ0) is 22.1. The standard InChI is InChI=1S/C26H23N3O3/c1-17-23(25(30)32-16-18-12-14-20(31-2)15-13-18)24(19-8-4-3-5-9-19)29-22-11-7-6-10-21(22)28-26(29)27-17/h3-15,24H,16H2,1-2H3,(H,27,28)/t24-/m1/s1. The molecule has 1 atom stereocenters. The maximum Gasteiger partial charge on any atom is 0.338 e. The summed E-state index contributed by atoms with van der Waals surface area (Å²) in [4.78, 5) is 18.1. The Hall–Kier alpha value is -4.06. The first-order chi connectivity index (χ1) is 15.7. The van der Waals surface area contributed by atoms with E-state index >= 15 is 0 Å². The molecule has 0 fully saturated rings. The fourth-order valence-electron chi connectivity index (χ4n) is 4.13. The van der Waals surface area contributed by atoms with Crippen LogP contribution in [-0.2, 0) is 16.1 Å². The molecule has 2 heterocycles. The van der Waals surface area contributed by atoms with Crippen LogP contribution in [0.25, 0.3) is 11.0 Å². The van der Waals surface area contributed by atoms with E-state index in [0.29, 0.717) is 11.5 Å². The quantitative estimate of drug-likeness (QED) is 0.452. The predicted octanol–water partition coefficient (Wildman–Crippen LogP) is 5.08. The maximum absolute atomic E-state index is 13.4. The molecule has 0 unspecified atom stereocenters. The van der Waals surface area contributed by atoms with Gasteiger partial charge in [0.05, 0.1) is 29.8 Å². The van der Waals surface area contributed by atoms with Gasteiger partial charge in [-0.2, -0.15) is 0 Å². The van der Waals surface area contributed by atoms with Gasteiger partial charge in [-0.3, -0.25) is 4.57 Å². The third-order valence-corrected chi connectivity index (χ3v) is 5.69. The third kappa shape index (κ3) is 3.50. The molecule has 0 saturated carbocycles. The van der Waals surface area contributed by atoms with E-state index in [-0.39, 0.29) is 18.6 Å². The topological polar surface area (TPSA) is 65.4 Å². The number of imidazole rings is 1. The lowest BCUT2D eigenvalue weighted by Crippen LogP contribution is -2.28. The molecule has 1 aromatic heterocycles. The molecule has 0 radical (unpaired) electrons. The minimum atomic E-state index is -0.358. The van der Waals surface area contributed by atoms with Gasteiger partial charge in [-0.05, 0) is 42.3 Å². The molecule has 6 heteroatoms. The number of nitrogens with one attached hydrogen (secondary N) is 1. The zero-order valence-electron chi connectivity index (χ0n) is 17.9. The summed E-state index contributed by atoms with van der Waals surface area (Å²) in [5.74, 6) is 1.12. The van der Waals surface area contributed by atoms with E-state index in [1.54, 1.807) is 7.11 Å². The molecule has 3 aromatic carbocycles. The summed E-state index contributed by atoms with van der Waals surface area (Å²) >= 11 is 0. The number of fused-ring (bicyclic) bond motifs is 3. The number of hydrogen-bond donors (Lipinski definition) is 1. The van der Waals surface area contributed by atoms with Crippen molar-refractivity contribution in [2.24, 2.45) is 0 Å². The smallest absolute Gasteiger partial charge is 0.338 e. The molecule has 1 aliphatic heterocycles. The summed E-state index contributed by atoms with van der Waals surface area (Å²) in [7, 11) is 1.62. The van der Waals surface area contributed by atoms with Crippen LogP contribution in [0.2, 0.25) is 0 Å². The fourth-order valence-corrected chi connectivity index (χ4v) is 4.13. The molecule has 6 nitrogen and oxygen atoms in total. The molecular weight excluding hydrogens is 402 g/mol. The Balaban J connectivity index is 1.52. The van der Waals surface area contributed by atoms with Crippen LogP contribution in [0, 0.1) is 0 Å². The number of rotatable bonds is 5. The lowest BCUT2D eigenvalue weighted by Gasteiger charge is -2.30. The number of carbonyl (C=O) groups is 1. The van der Waals surface area contributed by atoms with Crippen LogP contribution in [-0.4, -0.2) is 22.6 Å². The van der Waals surface area contributed by atoms with Gasteiger partial charge in [0.15, 0.2) is 0 Å². The van der Waals surface area contributed by atoms with Crippen molar-refractivity contribution < 1.29 is 14.3 Å². The highest BCUT2D eigenvalue weighted by Crippen LogP contribution is 2.39. The van der Waals surface area contributed by atoms with E-state index in [4.69, 9.17) is 14.5 Å². The molecule has 1 N–H and O–H groups in total. The fraction of sp³-hybridized carbons (Fsp3) is 0.154. The molecule has 0 saturated heterocycles. The van der Waals surface area contributed by atoms with E-state index < -0.39 is 0 Å². The Morgan fingerprint density at radius 1 is 1.00 bits per heavy atom. The van der Waals surface area contributed by atoms with Crippen LogP contribution in [0.15, 0.2) is 90.1 Å². The van der Waals surface area contributed by atoms with Gasteiger partial charge in [0.25, 0.3) is 0 Å². The largest absolute Gasteiger partial charge is 0.497 e. The highest BCUT2D eigenvalue weighted by Gasteiger charge is 2.34. The van der Waals surface area contributed by atoms with Crippen molar-refractivity contribution in [3.63, 3.8) is 0 Å². The van der Waals surface area contributed by atoms with Crippen molar-refractivity contribution in [1.29, 1.82) is 0 Å². The van der Waals surface area contributed by atoms with Gasteiger partial charge in [0.1, 0.15) is 12.4 Å². The highest BCUT2D eigenvalue weighted by atomic mass is 16.5. The first-order valence-corrected chi connectivity index (χ1v) is 10.5. The van der Waals surface area contributed by atoms with E-state index in [1.165, 1.54) is 0 Å². The lowest BCUT2D eigenvalue weighted by atomic mass is 9.95. The van der Waals surface area contributed by atoms with Crippen molar-refractivity contribution in [3.05, 3.63) is 101 Å². The summed E-state index contributed by atoms with van der Waals surface area (Å²) in [6, 6.07) is 25.1. The van der Waals surface area contributed by atoms with E-state index in [9.17, 15) is 4.79 Å². The normalized spacial score (nSPS) is 15.2. The summed E-state index contributed by atoms with van der Waals surface area (Å²) < 4.78 is 13.0. The van der Waals surface area contributed by atoms with Crippen molar-refractivity contribution in [1.82, 2.24) is 9.55 Å². The molecule has 1 aliphatic rings. The number of carbonyl (C=O) groups excluding carboxylic acids is 1. The van der Waals surface area contributed by atoms with Crippen molar-refractivity contribution >= 4 is 23.0 Å². The molecule has 32 heavy (non-hydrogen) atoms. The second kappa shape index (κ2) is 8.23. The van der Waals surface area contributed by atoms with Gasteiger partial charge >= 0.3 is 5.97 Å². The van der Waals surface area contributed by atoms with Crippen LogP contribution in [0.4, 0.5) is 5.95 Å². The number of nitrogens with zero attached hydrogens (tertiary/aromatic N) is 2. The SMILES string of the molecule is COc1ccc(COC(=O)C2=C(C)Nc3nc4ccccc4n3[C@@H]2c2ccccc2)cc1. The number of anilines is 1. The van der Waals surface area contributed by atoms with Gasteiger partial charge in [-0.1, -0.05) is 54.6 Å². The van der Waals surface area contributed by atoms with E-state index in [0.717, 1.165) is 33.6 Å². The molecule has 0 spiro atoms. The number of methoxy groups -OCH3 is 1. The minimum Gasteiger partial charge on any atom is -0.497 e. The number of benzene rings is 3. The Morgan fingerprint density at radius 2 is 1.72 bits per heavy atom. The maximum atomic E-state index is 13.4. The summed E-state index contributed by atoms with van der Waals surface area (Å²) in [5, 5.41) is 3.31. The number of esters is 1. The van der Waals surface area contributed by atoms with Crippen LogP contribution in [0.5, 0.6) is 5.75 Å². The molecule has 4 aromatic rings. The van der Waals surface area contributed by atoms with Gasteiger partial charge < -0.3 is 14.8 Å². The molecule has 0 bridgehead atoms. The first kappa shape index (κ1) is 19.9. The number of allylic oxidation sites excluding steroid dienone is 1. The Kier molecular flexibility index (Phi) is 5.11. The van der Waals surface area contributed by atoms with Crippen molar-refractivity contribution in [3.8, 4) is 5.75 Å². The summed E-state index contributed by atoms with van der Waals surface area (Å²) in [6.45, 7) is 2.07. The number of para-hydroxylation sites is 2. The average Bonchev–Trinajstić information content (AvgIpc) is 3.20. The van der Waals surface area contributed by atoms with E-state index in [1.807, 2.05) is 85.8 Å². The van der Waals surface area contributed by atoms with Crippen molar-refractivity contribution in [2.75, 3.05) is 12.4 Å². The number of hydrogen-bond acceptors (Lipinski definition) is 5. The molecule has 0 aliphatic carbocycles. The number of ether oxygens (including phenoxy) is 2. The van der Waals surface area contributed by atoms with Gasteiger partial charge in [0, 0.05) is 5.70 Å². The highest BCUT2D eigenvalue weighted by molar-refractivity contribution is 5.94. The number of aromatic nitrogens is 2. The van der Waals surface area contributed by atoms with Crippen LogP contribution >= 0.6 is 0 Å². The summed E-state index contributed by atoms with van der Waals surface area (Å²) in [6.07, 6.45) is 0. The van der Waals surface area contributed by atoms with E-state index in [2.05, 4.69) is 9.88 Å².